The lowest BCUT2D eigenvalue weighted by atomic mass is 9.99. The van der Waals surface area contributed by atoms with Gasteiger partial charge in [-0.1, -0.05) is 103 Å². The number of amides is 5. The quantitative estimate of drug-likeness (QED) is 0.0971. The van der Waals surface area contributed by atoms with Crippen LogP contribution in [0.5, 0.6) is 0 Å². The molecule has 12 heteroatoms. The first-order valence-corrected chi connectivity index (χ1v) is 16.9. The Balaban J connectivity index is 1.45. The maximum Gasteiger partial charge on any atom is 0.322 e. The Hall–Kier alpha value is -6.30. The molecular formula is C40H43N5O7. The third kappa shape index (κ3) is 12.5. The summed E-state index contributed by atoms with van der Waals surface area (Å²) in [6, 6.07) is 29.9. The van der Waals surface area contributed by atoms with E-state index in [0.29, 0.717) is 11.3 Å². The van der Waals surface area contributed by atoms with Crippen molar-refractivity contribution in [3.05, 3.63) is 126 Å². The molecule has 0 fully saturated rings. The Kier molecular flexibility index (Phi) is 14.2. The van der Waals surface area contributed by atoms with Gasteiger partial charge in [-0.25, -0.2) is 0 Å². The van der Waals surface area contributed by atoms with E-state index in [1.807, 2.05) is 73.7 Å². The Bertz CT molecular complexity index is 1830. The molecule has 0 saturated heterocycles. The smallest absolute Gasteiger partial charge is 0.322 e. The number of carboxylic acid groups (broad SMARTS) is 1. The minimum absolute atomic E-state index is 0.0429. The molecule has 0 heterocycles. The van der Waals surface area contributed by atoms with Crippen LogP contribution in [0.1, 0.15) is 36.5 Å². The highest BCUT2D eigenvalue weighted by molar-refractivity contribution is 5.96. The number of nitrogens with one attached hydrogen (secondary N) is 5. The second-order valence-corrected chi connectivity index (χ2v) is 12.4. The first-order chi connectivity index (χ1) is 25.0. The van der Waals surface area contributed by atoms with Gasteiger partial charge in [-0.2, -0.15) is 0 Å². The SMILES string of the molecule is Cc1ccc(NC(=O)CCC(=O)N[C@H](C)C(=O)N[C@@H](Cc2ccc(-c3ccccc3)cc2)C(=O)N[C@H](Cc2ccccc2)C(=O)NCC(=O)O)cc1. The topological polar surface area (TPSA) is 183 Å². The predicted octanol–water partition coefficient (Wildman–Crippen LogP) is 3.54. The van der Waals surface area contributed by atoms with Crippen LogP contribution in [0.3, 0.4) is 0 Å². The standard InChI is InChI=1S/C40H43N5O7/c1-26-13-19-32(20-14-26)43-36(47)22-21-35(46)42-27(2)38(50)44-34(24-29-15-17-31(18-16-29)30-11-7-4-8-12-30)40(52)45-33(39(51)41-25-37(48)49)23-28-9-5-3-6-10-28/h3-20,27,33-34H,21-25H2,1-2H3,(H,41,51)(H,42,46)(H,43,47)(H,44,50)(H,45,52)(H,48,49)/t27-,33-,34+/m1/s1. The van der Waals surface area contributed by atoms with Crippen LogP contribution in [-0.2, 0) is 41.6 Å². The molecule has 4 aromatic rings. The zero-order valence-electron chi connectivity index (χ0n) is 29.1. The van der Waals surface area contributed by atoms with Gasteiger partial charge in [0.15, 0.2) is 0 Å². The largest absolute Gasteiger partial charge is 0.480 e. The van der Waals surface area contributed by atoms with Gasteiger partial charge in [-0.05, 0) is 48.2 Å². The van der Waals surface area contributed by atoms with Crippen molar-refractivity contribution in [2.45, 2.75) is 57.7 Å². The van der Waals surface area contributed by atoms with Crippen LogP contribution in [-0.4, -0.2) is 65.3 Å². The number of carbonyl (C=O) groups excluding carboxylic acids is 5. The van der Waals surface area contributed by atoms with Crippen molar-refractivity contribution in [1.82, 2.24) is 21.3 Å². The molecule has 0 aliphatic heterocycles. The second kappa shape index (κ2) is 19.2. The van der Waals surface area contributed by atoms with Gasteiger partial charge in [0.1, 0.15) is 24.7 Å². The Morgan fingerprint density at radius 1 is 0.577 bits per heavy atom. The first-order valence-electron chi connectivity index (χ1n) is 16.9. The van der Waals surface area contributed by atoms with Gasteiger partial charge >= 0.3 is 5.97 Å². The highest BCUT2D eigenvalue weighted by atomic mass is 16.4. The maximum absolute atomic E-state index is 13.9. The number of rotatable bonds is 17. The molecular weight excluding hydrogens is 662 g/mol. The average Bonchev–Trinajstić information content (AvgIpc) is 3.14. The van der Waals surface area contributed by atoms with Crippen molar-refractivity contribution in [3.8, 4) is 11.1 Å². The van der Waals surface area contributed by atoms with Gasteiger partial charge in [-0.3, -0.25) is 28.8 Å². The molecule has 0 saturated carbocycles. The van der Waals surface area contributed by atoms with Gasteiger partial charge in [0.05, 0.1) is 0 Å². The van der Waals surface area contributed by atoms with Gasteiger partial charge in [0.25, 0.3) is 0 Å². The van der Waals surface area contributed by atoms with Crippen molar-refractivity contribution < 1.29 is 33.9 Å². The molecule has 12 nitrogen and oxygen atoms in total. The lowest BCUT2D eigenvalue weighted by Gasteiger charge is -2.25. The number of anilines is 1. The van der Waals surface area contributed by atoms with E-state index in [9.17, 15) is 28.8 Å². The van der Waals surface area contributed by atoms with E-state index in [1.165, 1.54) is 6.92 Å². The van der Waals surface area contributed by atoms with E-state index in [2.05, 4.69) is 26.6 Å². The van der Waals surface area contributed by atoms with Gasteiger partial charge < -0.3 is 31.7 Å². The fourth-order valence-electron chi connectivity index (χ4n) is 5.29. The van der Waals surface area contributed by atoms with E-state index >= 15 is 0 Å². The summed E-state index contributed by atoms with van der Waals surface area (Å²) in [4.78, 5) is 76.5. The molecule has 0 aliphatic rings. The molecule has 52 heavy (non-hydrogen) atoms. The molecule has 0 radical (unpaired) electrons. The minimum Gasteiger partial charge on any atom is -0.480 e. The number of aliphatic carboxylic acids is 1. The second-order valence-electron chi connectivity index (χ2n) is 12.4. The minimum atomic E-state index is -1.25. The number of hydrogen-bond acceptors (Lipinski definition) is 6. The molecule has 3 atom stereocenters. The van der Waals surface area contributed by atoms with Crippen LogP contribution in [0.2, 0.25) is 0 Å². The number of carbonyl (C=O) groups is 6. The summed E-state index contributed by atoms with van der Waals surface area (Å²) >= 11 is 0. The van der Waals surface area contributed by atoms with Gasteiger partial charge in [0.2, 0.25) is 29.5 Å². The molecule has 0 aliphatic carbocycles. The number of aryl methyl sites for hydroxylation is 1. The molecule has 0 aromatic heterocycles. The van der Waals surface area contributed by atoms with Gasteiger partial charge in [0, 0.05) is 31.4 Å². The lowest BCUT2D eigenvalue weighted by molar-refractivity contribution is -0.138. The molecule has 4 rings (SSSR count). The molecule has 4 aromatic carbocycles. The third-order valence-corrected chi connectivity index (χ3v) is 8.15. The summed E-state index contributed by atoms with van der Waals surface area (Å²) in [5.41, 5.74) is 5.04. The summed E-state index contributed by atoms with van der Waals surface area (Å²) in [5, 5.41) is 22.1. The lowest BCUT2D eigenvalue weighted by Crippen LogP contribution is -2.57. The van der Waals surface area contributed by atoms with E-state index in [1.54, 1.807) is 42.5 Å². The van der Waals surface area contributed by atoms with Crippen LogP contribution >= 0.6 is 0 Å². The van der Waals surface area contributed by atoms with E-state index in [4.69, 9.17) is 5.11 Å². The van der Waals surface area contributed by atoms with E-state index in [0.717, 1.165) is 22.3 Å². The molecule has 0 spiro atoms. The van der Waals surface area contributed by atoms with Crippen molar-refractivity contribution in [1.29, 1.82) is 0 Å². The molecule has 6 N–H and O–H groups in total. The van der Waals surface area contributed by atoms with Crippen LogP contribution in [0, 0.1) is 6.92 Å². The van der Waals surface area contributed by atoms with Crippen LogP contribution in [0.4, 0.5) is 5.69 Å². The summed E-state index contributed by atoms with van der Waals surface area (Å²) in [6.07, 6.45) is -0.167. The average molecular weight is 706 g/mol. The van der Waals surface area contributed by atoms with Crippen molar-refractivity contribution in [2.24, 2.45) is 0 Å². The molecule has 270 valence electrons. The summed E-state index contributed by atoms with van der Waals surface area (Å²) in [5.74, 6) is -4.18. The summed E-state index contributed by atoms with van der Waals surface area (Å²) in [7, 11) is 0. The Morgan fingerprint density at radius 3 is 1.71 bits per heavy atom. The van der Waals surface area contributed by atoms with Gasteiger partial charge in [-0.15, -0.1) is 0 Å². The third-order valence-electron chi connectivity index (χ3n) is 8.15. The molecule has 5 amide bonds. The Labute approximate surface area is 302 Å². The number of benzene rings is 4. The monoisotopic (exact) mass is 705 g/mol. The highest BCUT2D eigenvalue weighted by Crippen LogP contribution is 2.20. The predicted molar refractivity (Wildman–Crippen MR) is 197 cm³/mol. The van der Waals surface area contributed by atoms with Crippen LogP contribution in [0.25, 0.3) is 11.1 Å². The zero-order valence-corrected chi connectivity index (χ0v) is 29.1. The maximum atomic E-state index is 13.9. The van der Waals surface area contributed by atoms with Crippen molar-refractivity contribution in [2.75, 3.05) is 11.9 Å². The summed E-state index contributed by atoms with van der Waals surface area (Å²) in [6.45, 7) is 2.75. The summed E-state index contributed by atoms with van der Waals surface area (Å²) < 4.78 is 0. The normalized spacial score (nSPS) is 12.3. The molecule has 0 bridgehead atoms. The van der Waals surface area contributed by atoms with Crippen LogP contribution < -0.4 is 26.6 Å². The number of carboxylic acids is 1. The van der Waals surface area contributed by atoms with E-state index < -0.39 is 54.3 Å². The highest BCUT2D eigenvalue weighted by Gasteiger charge is 2.29. The fraction of sp³-hybridized carbons (Fsp3) is 0.250. The first kappa shape index (κ1) is 38.5. The Morgan fingerprint density at radius 2 is 1.10 bits per heavy atom. The fourth-order valence-corrected chi connectivity index (χ4v) is 5.29. The van der Waals surface area contributed by atoms with E-state index in [-0.39, 0.29) is 31.6 Å². The molecule has 0 unspecified atom stereocenters. The number of hydrogen-bond donors (Lipinski definition) is 6. The van der Waals surface area contributed by atoms with Crippen molar-refractivity contribution in [3.63, 3.8) is 0 Å². The van der Waals surface area contributed by atoms with Crippen molar-refractivity contribution >= 4 is 41.2 Å². The zero-order chi connectivity index (χ0) is 37.5. The van der Waals surface area contributed by atoms with Crippen LogP contribution in [0.15, 0.2) is 109 Å².